The number of carbonyl (C=O) groups is 1. The van der Waals surface area contributed by atoms with Gasteiger partial charge >= 0.3 is 5.97 Å². The zero-order chi connectivity index (χ0) is 11.4. The highest BCUT2D eigenvalue weighted by Gasteiger charge is 2.27. The number of aliphatic carboxylic acids is 1. The standard InChI is InChI=1S/C8H15N3O3/c1-5(14-8(2,3)4)6(7(12)13)10-11-9/h5-6H,1-4H3,(H,12,13)/t5-,6-/m0/s1. The summed E-state index contributed by atoms with van der Waals surface area (Å²) in [6, 6.07) is -1.18. The molecule has 0 aliphatic heterocycles. The van der Waals surface area contributed by atoms with Gasteiger partial charge in [-0.3, -0.25) is 4.79 Å². The predicted molar refractivity (Wildman–Crippen MR) is 50.9 cm³/mol. The maximum Gasteiger partial charge on any atom is 0.315 e. The van der Waals surface area contributed by atoms with E-state index in [0.29, 0.717) is 0 Å². The molecule has 0 bridgehead atoms. The first-order valence-electron chi connectivity index (χ1n) is 4.23. The lowest BCUT2D eigenvalue weighted by atomic mass is 10.1. The third-order valence-electron chi connectivity index (χ3n) is 1.41. The largest absolute Gasteiger partial charge is 0.481 e. The molecule has 2 atom stereocenters. The van der Waals surface area contributed by atoms with Crippen molar-refractivity contribution in [1.82, 2.24) is 0 Å². The van der Waals surface area contributed by atoms with Gasteiger partial charge in [0.1, 0.15) is 0 Å². The number of rotatable bonds is 4. The van der Waals surface area contributed by atoms with Gasteiger partial charge in [0, 0.05) is 4.91 Å². The normalized spacial score (nSPS) is 15.4. The van der Waals surface area contributed by atoms with Crippen LogP contribution in [0.25, 0.3) is 10.4 Å². The summed E-state index contributed by atoms with van der Waals surface area (Å²) in [5.41, 5.74) is 7.71. The zero-order valence-corrected chi connectivity index (χ0v) is 8.76. The van der Waals surface area contributed by atoms with Crippen LogP contribution in [0.3, 0.4) is 0 Å². The van der Waals surface area contributed by atoms with Crippen LogP contribution in [0.2, 0.25) is 0 Å². The molecule has 0 aromatic heterocycles. The number of carboxylic acid groups (broad SMARTS) is 1. The van der Waals surface area contributed by atoms with Crippen LogP contribution in [-0.2, 0) is 9.53 Å². The van der Waals surface area contributed by atoms with Gasteiger partial charge in [-0.2, -0.15) is 0 Å². The van der Waals surface area contributed by atoms with Gasteiger partial charge in [-0.05, 0) is 33.2 Å². The maximum absolute atomic E-state index is 10.7. The summed E-state index contributed by atoms with van der Waals surface area (Å²) in [7, 11) is 0. The van der Waals surface area contributed by atoms with Crippen molar-refractivity contribution < 1.29 is 14.6 Å². The van der Waals surface area contributed by atoms with Crippen LogP contribution in [0.1, 0.15) is 27.7 Å². The number of carboxylic acids is 1. The molecule has 0 aliphatic rings. The Morgan fingerprint density at radius 1 is 1.57 bits per heavy atom. The number of hydrogen-bond donors (Lipinski definition) is 1. The second-order valence-electron chi connectivity index (χ2n) is 3.92. The summed E-state index contributed by atoms with van der Waals surface area (Å²) in [5.74, 6) is -1.18. The molecule has 0 saturated carbocycles. The molecule has 0 aliphatic carbocycles. The first kappa shape index (κ1) is 12.7. The summed E-state index contributed by atoms with van der Waals surface area (Å²) in [6.07, 6.45) is -0.650. The molecule has 0 heterocycles. The first-order valence-corrected chi connectivity index (χ1v) is 4.23. The quantitative estimate of drug-likeness (QED) is 0.427. The molecule has 0 aromatic rings. The Labute approximate surface area is 82.5 Å². The summed E-state index contributed by atoms with van der Waals surface area (Å²) in [5, 5.41) is 11.9. The van der Waals surface area contributed by atoms with Crippen LogP contribution >= 0.6 is 0 Å². The number of azide groups is 1. The molecule has 0 fully saturated rings. The number of nitrogens with zero attached hydrogens (tertiary/aromatic N) is 3. The fourth-order valence-electron chi connectivity index (χ4n) is 1.02. The fraction of sp³-hybridized carbons (Fsp3) is 0.875. The van der Waals surface area contributed by atoms with Crippen molar-refractivity contribution in [2.45, 2.75) is 45.4 Å². The Balaban J connectivity index is 4.53. The molecule has 0 aromatic carbocycles. The summed E-state index contributed by atoms with van der Waals surface area (Å²) in [6.45, 7) is 6.98. The topological polar surface area (TPSA) is 95.3 Å². The van der Waals surface area contributed by atoms with E-state index in [1.807, 2.05) is 0 Å². The van der Waals surface area contributed by atoms with Gasteiger partial charge in [-0.1, -0.05) is 5.11 Å². The van der Waals surface area contributed by atoms with Gasteiger partial charge < -0.3 is 9.84 Å². The smallest absolute Gasteiger partial charge is 0.315 e. The molecule has 0 amide bonds. The van der Waals surface area contributed by atoms with Gasteiger partial charge in [-0.25, -0.2) is 0 Å². The molecule has 0 spiro atoms. The Hall–Kier alpha value is -1.26. The summed E-state index contributed by atoms with van der Waals surface area (Å²) in [4.78, 5) is 13.1. The highest BCUT2D eigenvalue weighted by molar-refractivity contribution is 5.74. The van der Waals surface area contributed by atoms with E-state index >= 15 is 0 Å². The number of hydrogen-bond acceptors (Lipinski definition) is 3. The van der Waals surface area contributed by atoms with Crippen LogP contribution in [0, 0.1) is 0 Å². The van der Waals surface area contributed by atoms with Gasteiger partial charge in [0.15, 0.2) is 6.04 Å². The predicted octanol–water partition coefficient (Wildman–Crippen LogP) is 1.95. The summed E-state index contributed by atoms with van der Waals surface area (Å²) < 4.78 is 5.37. The van der Waals surface area contributed by atoms with Crippen LogP contribution in [-0.4, -0.2) is 28.8 Å². The molecule has 1 N–H and O–H groups in total. The van der Waals surface area contributed by atoms with Crippen molar-refractivity contribution >= 4 is 5.97 Å². The van der Waals surface area contributed by atoms with Crippen molar-refractivity contribution in [2.75, 3.05) is 0 Å². The Bertz CT molecular complexity index is 251. The maximum atomic E-state index is 10.7. The molecular weight excluding hydrogens is 186 g/mol. The SMILES string of the molecule is C[C@H](OC(C)(C)C)[C@H](N=[N+]=[N-])C(=O)O. The minimum absolute atomic E-state index is 0.460. The van der Waals surface area contributed by atoms with Crippen LogP contribution in [0.15, 0.2) is 5.11 Å². The third kappa shape index (κ3) is 4.69. The van der Waals surface area contributed by atoms with Gasteiger partial charge in [0.05, 0.1) is 11.7 Å². The molecule has 14 heavy (non-hydrogen) atoms. The second kappa shape index (κ2) is 4.83. The average Bonchev–Trinajstić information content (AvgIpc) is 1.95. The van der Waals surface area contributed by atoms with Gasteiger partial charge in [-0.15, -0.1) is 0 Å². The highest BCUT2D eigenvalue weighted by Crippen LogP contribution is 2.14. The van der Waals surface area contributed by atoms with Gasteiger partial charge in [0.25, 0.3) is 0 Å². The van der Waals surface area contributed by atoms with E-state index in [9.17, 15) is 4.79 Å². The van der Waals surface area contributed by atoms with E-state index in [2.05, 4.69) is 10.0 Å². The molecule has 0 rings (SSSR count). The average molecular weight is 201 g/mol. The van der Waals surface area contributed by atoms with Crippen molar-refractivity contribution in [3.05, 3.63) is 10.4 Å². The molecule has 6 nitrogen and oxygen atoms in total. The van der Waals surface area contributed by atoms with Crippen molar-refractivity contribution in [3.8, 4) is 0 Å². The molecule has 6 heteroatoms. The monoisotopic (exact) mass is 201 g/mol. The van der Waals surface area contributed by atoms with Crippen molar-refractivity contribution in [3.63, 3.8) is 0 Å². The third-order valence-corrected chi connectivity index (χ3v) is 1.41. The van der Waals surface area contributed by atoms with Crippen molar-refractivity contribution in [1.29, 1.82) is 0 Å². The van der Waals surface area contributed by atoms with Crippen LogP contribution in [0.5, 0.6) is 0 Å². The summed E-state index contributed by atoms with van der Waals surface area (Å²) >= 11 is 0. The molecular formula is C8H15N3O3. The fourth-order valence-corrected chi connectivity index (χ4v) is 1.02. The molecule has 0 radical (unpaired) electrons. The Morgan fingerprint density at radius 3 is 2.36 bits per heavy atom. The van der Waals surface area contributed by atoms with Gasteiger partial charge in [0.2, 0.25) is 0 Å². The van der Waals surface area contributed by atoms with Crippen LogP contribution < -0.4 is 0 Å². The minimum Gasteiger partial charge on any atom is -0.481 e. The van der Waals surface area contributed by atoms with E-state index in [4.69, 9.17) is 15.4 Å². The van der Waals surface area contributed by atoms with E-state index in [1.54, 1.807) is 27.7 Å². The minimum atomic E-state index is -1.18. The Morgan fingerprint density at radius 2 is 2.07 bits per heavy atom. The zero-order valence-electron chi connectivity index (χ0n) is 8.76. The van der Waals surface area contributed by atoms with E-state index in [1.165, 1.54) is 0 Å². The van der Waals surface area contributed by atoms with E-state index in [-0.39, 0.29) is 0 Å². The first-order chi connectivity index (χ1) is 6.28. The molecule has 0 unspecified atom stereocenters. The van der Waals surface area contributed by atoms with E-state index in [0.717, 1.165) is 0 Å². The van der Waals surface area contributed by atoms with Crippen LogP contribution in [0.4, 0.5) is 0 Å². The molecule has 0 saturated heterocycles. The number of ether oxygens (including phenoxy) is 1. The van der Waals surface area contributed by atoms with E-state index < -0.39 is 23.7 Å². The van der Waals surface area contributed by atoms with Crippen molar-refractivity contribution in [2.24, 2.45) is 5.11 Å². The lowest BCUT2D eigenvalue weighted by Gasteiger charge is -2.26. The molecule has 80 valence electrons. The lowest BCUT2D eigenvalue weighted by Crippen LogP contribution is -2.37. The Kier molecular flexibility index (Phi) is 4.40. The highest BCUT2D eigenvalue weighted by atomic mass is 16.5. The second-order valence-corrected chi connectivity index (χ2v) is 3.92. The lowest BCUT2D eigenvalue weighted by molar-refractivity contribution is -0.145.